The van der Waals surface area contributed by atoms with Crippen molar-refractivity contribution in [3.63, 3.8) is 0 Å². The number of allylic oxidation sites excluding steroid dienone is 1. The van der Waals surface area contributed by atoms with Gasteiger partial charge in [0.15, 0.2) is 0 Å². The summed E-state index contributed by atoms with van der Waals surface area (Å²) in [7, 11) is 0. The van der Waals surface area contributed by atoms with Crippen molar-refractivity contribution >= 4 is 6.08 Å². The van der Waals surface area contributed by atoms with Crippen LogP contribution in [-0.2, 0) is 9.47 Å². The van der Waals surface area contributed by atoms with E-state index >= 15 is 0 Å². The molecule has 1 aliphatic heterocycles. The van der Waals surface area contributed by atoms with Crippen LogP contribution in [0.5, 0.6) is 0 Å². The van der Waals surface area contributed by atoms with Crippen LogP contribution in [0, 0.1) is 0 Å². The van der Waals surface area contributed by atoms with Crippen LogP contribution >= 0.6 is 0 Å². The lowest BCUT2D eigenvalue weighted by Gasteiger charge is -2.12. The second-order valence-electron chi connectivity index (χ2n) is 2.23. The lowest BCUT2D eigenvalue weighted by Crippen LogP contribution is -2.16. The molecule has 0 amide bonds. The second-order valence-corrected chi connectivity index (χ2v) is 2.23. The van der Waals surface area contributed by atoms with Gasteiger partial charge in [-0.2, -0.15) is 0 Å². The molecule has 3 nitrogen and oxygen atoms in total. The van der Waals surface area contributed by atoms with E-state index in [1.54, 1.807) is 0 Å². The maximum Gasteiger partial charge on any atom is 0.383 e. The molecule has 0 aromatic rings. The fourth-order valence-electron chi connectivity index (χ4n) is 0.743. The largest absolute Gasteiger partial charge is 0.451 e. The average molecular weight is 155 g/mol. The Labute approximate surface area is 66.7 Å². The maximum absolute atomic E-state index is 5.16. The highest BCUT2D eigenvalue weighted by Gasteiger charge is 2.04. The van der Waals surface area contributed by atoms with Crippen LogP contribution in [0.4, 0.5) is 0 Å². The molecule has 0 saturated carbocycles. The van der Waals surface area contributed by atoms with Gasteiger partial charge in [-0.15, -0.1) is 0 Å². The zero-order valence-corrected chi connectivity index (χ0v) is 6.75. The number of aliphatic imine (C=N–C) groups is 1. The first-order valence-corrected chi connectivity index (χ1v) is 3.84. The minimum absolute atomic E-state index is 0.439. The summed E-state index contributed by atoms with van der Waals surface area (Å²) in [6, 6.07) is 0. The predicted octanol–water partition coefficient (Wildman–Crippen LogP) is 1.36. The fourth-order valence-corrected chi connectivity index (χ4v) is 0.743. The summed E-state index contributed by atoms with van der Waals surface area (Å²) < 4.78 is 10.3. The van der Waals surface area contributed by atoms with Crippen LogP contribution in [0.3, 0.4) is 0 Å². The monoisotopic (exact) mass is 155 g/mol. The van der Waals surface area contributed by atoms with Crippen LogP contribution in [0.1, 0.15) is 13.3 Å². The van der Waals surface area contributed by atoms with Gasteiger partial charge >= 0.3 is 6.08 Å². The van der Waals surface area contributed by atoms with Gasteiger partial charge in [0.05, 0.1) is 6.61 Å². The third kappa shape index (κ3) is 3.07. The van der Waals surface area contributed by atoms with Crippen LogP contribution in [-0.4, -0.2) is 25.8 Å². The van der Waals surface area contributed by atoms with E-state index in [9.17, 15) is 0 Å². The molecule has 0 aromatic heterocycles. The van der Waals surface area contributed by atoms with Crippen LogP contribution in [0.2, 0.25) is 0 Å². The summed E-state index contributed by atoms with van der Waals surface area (Å²) >= 11 is 0. The smallest absolute Gasteiger partial charge is 0.383 e. The first-order chi connectivity index (χ1) is 5.43. The van der Waals surface area contributed by atoms with E-state index in [2.05, 4.69) is 4.99 Å². The van der Waals surface area contributed by atoms with Crippen molar-refractivity contribution in [2.45, 2.75) is 13.3 Å². The molecule has 3 heteroatoms. The standard InChI is InChI=1S/C8H13NO2/c1-2-3-6-10-8-9-5-4-7-11-8/h2-3H,4-7H2,1H3/b3-2+. The second kappa shape index (κ2) is 4.77. The molecule has 0 atom stereocenters. The van der Waals surface area contributed by atoms with Gasteiger partial charge in [-0.25, -0.2) is 4.99 Å². The molecule has 1 aliphatic rings. The molecule has 0 N–H and O–H groups in total. The molecule has 0 saturated heterocycles. The summed E-state index contributed by atoms with van der Waals surface area (Å²) in [6.07, 6.45) is 5.29. The van der Waals surface area contributed by atoms with Crippen LogP contribution in [0.15, 0.2) is 17.1 Å². The molecule has 0 unspecified atom stereocenters. The van der Waals surface area contributed by atoms with E-state index in [4.69, 9.17) is 9.47 Å². The van der Waals surface area contributed by atoms with Crippen molar-refractivity contribution in [1.82, 2.24) is 0 Å². The van der Waals surface area contributed by atoms with E-state index < -0.39 is 0 Å². The number of hydrogen-bond acceptors (Lipinski definition) is 3. The van der Waals surface area contributed by atoms with E-state index in [0.717, 1.165) is 19.6 Å². The number of hydrogen-bond donors (Lipinski definition) is 0. The Bertz CT molecular complexity index is 163. The minimum atomic E-state index is 0.439. The molecule has 62 valence electrons. The van der Waals surface area contributed by atoms with Crippen molar-refractivity contribution in [2.24, 2.45) is 4.99 Å². The van der Waals surface area contributed by atoms with Gasteiger partial charge in [0.2, 0.25) is 0 Å². The first-order valence-electron chi connectivity index (χ1n) is 3.84. The summed E-state index contributed by atoms with van der Waals surface area (Å²) in [4.78, 5) is 4.04. The molecular weight excluding hydrogens is 142 g/mol. The maximum atomic E-state index is 5.16. The summed E-state index contributed by atoms with van der Waals surface area (Å²) in [5, 5.41) is 0. The molecule has 0 bridgehead atoms. The topological polar surface area (TPSA) is 30.8 Å². The number of ether oxygens (including phenoxy) is 2. The third-order valence-electron chi connectivity index (χ3n) is 1.31. The van der Waals surface area contributed by atoms with E-state index in [0.29, 0.717) is 12.7 Å². The van der Waals surface area contributed by atoms with Crippen molar-refractivity contribution in [3.05, 3.63) is 12.2 Å². The van der Waals surface area contributed by atoms with Gasteiger partial charge in [-0.3, -0.25) is 0 Å². The van der Waals surface area contributed by atoms with Crippen molar-refractivity contribution in [3.8, 4) is 0 Å². The lowest BCUT2D eigenvalue weighted by atomic mass is 10.4. The Morgan fingerprint density at radius 3 is 3.27 bits per heavy atom. The lowest BCUT2D eigenvalue weighted by molar-refractivity contribution is 0.165. The molecule has 0 aromatic carbocycles. The van der Waals surface area contributed by atoms with Crippen LogP contribution in [0.25, 0.3) is 0 Å². The van der Waals surface area contributed by atoms with Gasteiger partial charge in [0, 0.05) is 13.0 Å². The summed E-state index contributed by atoms with van der Waals surface area (Å²) in [6.45, 7) is 4.06. The Morgan fingerprint density at radius 1 is 1.73 bits per heavy atom. The molecular formula is C8H13NO2. The first kappa shape index (κ1) is 8.11. The summed E-state index contributed by atoms with van der Waals surface area (Å²) in [5.74, 6) is 0. The van der Waals surface area contributed by atoms with Gasteiger partial charge in [0.1, 0.15) is 6.61 Å². The van der Waals surface area contributed by atoms with Crippen LogP contribution < -0.4 is 0 Å². The zero-order valence-electron chi connectivity index (χ0n) is 6.75. The molecule has 0 radical (unpaired) electrons. The van der Waals surface area contributed by atoms with Crippen molar-refractivity contribution in [2.75, 3.05) is 19.8 Å². The Morgan fingerprint density at radius 2 is 2.64 bits per heavy atom. The average Bonchev–Trinajstić information content (AvgIpc) is 2.07. The molecule has 11 heavy (non-hydrogen) atoms. The number of rotatable bonds is 2. The highest BCUT2D eigenvalue weighted by atomic mass is 16.7. The number of nitrogens with zero attached hydrogens (tertiary/aromatic N) is 1. The summed E-state index contributed by atoms with van der Waals surface area (Å²) in [5.41, 5.74) is 0. The molecule has 0 aliphatic carbocycles. The van der Waals surface area contributed by atoms with Gasteiger partial charge in [-0.05, 0) is 6.92 Å². The quantitative estimate of drug-likeness (QED) is 0.564. The molecule has 1 heterocycles. The highest BCUT2D eigenvalue weighted by Crippen LogP contribution is 1.97. The normalized spacial score (nSPS) is 17.7. The molecule has 1 rings (SSSR count). The van der Waals surface area contributed by atoms with Gasteiger partial charge in [0.25, 0.3) is 0 Å². The SMILES string of the molecule is C/C=C/COC1=NCCCO1. The predicted molar refractivity (Wildman–Crippen MR) is 43.6 cm³/mol. The molecule has 0 spiro atoms. The third-order valence-corrected chi connectivity index (χ3v) is 1.31. The van der Waals surface area contributed by atoms with Crippen molar-refractivity contribution in [1.29, 1.82) is 0 Å². The molecule has 0 fully saturated rings. The highest BCUT2D eigenvalue weighted by molar-refractivity contribution is 5.67. The Kier molecular flexibility index (Phi) is 3.52. The minimum Gasteiger partial charge on any atom is -0.451 e. The van der Waals surface area contributed by atoms with Gasteiger partial charge in [-0.1, -0.05) is 12.2 Å². The Hall–Kier alpha value is -0.990. The van der Waals surface area contributed by atoms with Crippen molar-refractivity contribution < 1.29 is 9.47 Å². The van der Waals surface area contributed by atoms with Gasteiger partial charge < -0.3 is 9.47 Å². The zero-order chi connectivity index (χ0) is 7.94. The van der Waals surface area contributed by atoms with E-state index in [-0.39, 0.29) is 0 Å². The Balaban J connectivity index is 2.19. The fraction of sp³-hybridized carbons (Fsp3) is 0.625. The van der Waals surface area contributed by atoms with E-state index in [1.807, 2.05) is 19.1 Å². The van der Waals surface area contributed by atoms with E-state index in [1.165, 1.54) is 0 Å².